The monoisotopic (exact) mass is 423 g/mol. The van der Waals surface area contributed by atoms with Crippen LogP contribution in [0.3, 0.4) is 0 Å². The molecule has 0 aliphatic heterocycles. The molecule has 30 heavy (non-hydrogen) atoms. The van der Waals surface area contributed by atoms with Crippen LogP contribution in [0.1, 0.15) is 16.7 Å². The minimum absolute atomic E-state index is 0.0441. The summed E-state index contributed by atoms with van der Waals surface area (Å²) in [5.74, 6) is 0.425. The smallest absolute Gasteiger partial charge is 0.269 e. The van der Waals surface area contributed by atoms with Crippen molar-refractivity contribution in [3.05, 3.63) is 105 Å². The van der Waals surface area contributed by atoms with Crippen LogP contribution >= 0.6 is 11.6 Å². The van der Waals surface area contributed by atoms with E-state index in [1.807, 2.05) is 0 Å². The van der Waals surface area contributed by atoms with Crippen molar-refractivity contribution >= 4 is 29.4 Å². The molecule has 3 rings (SSSR count). The second-order valence-corrected chi connectivity index (χ2v) is 6.81. The molecule has 8 heteroatoms. The lowest BCUT2D eigenvalue weighted by Crippen LogP contribution is -2.19. The maximum Gasteiger partial charge on any atom is 0.269 e. The molecule has 3 aromatic carbocycles. The fourth-order valence-electron chi connectivity index (χ4n) is 2.54. The highest BCUT2D eigenvalue weighted by Gasteiger charge is 2.04. The normalized spacial score (nSPS) is 10.7. The number of ether oxygens (including phenoxy) is 1. The number of nitrogens with one attached hydrogen (secondary N) is 1. The maximum atomic E-state index is 11.9. The first kappa shape index (κ1) is 21.0. The number of nitrogens with zero attached hydrogens (tertiary/aromatic N) is 2. The SMILES string of the molecule is O=C(Cc1ccc(Cl)cc1)N/N=C/c1ccc(OCc2ccc([N+](=O)[O-])cc2)cc1. The van der Waals surface area contributed by atoms with Crippen molar-refractivity contribution in [2.24, 2.45) is 5.10 Å². The number of rotatable bonds is 8. The summed E-state index contributed by atoms with van der Waals surface area (Å²) >= 11 is 5.82. The Balaban J connectivity index is 1.46. The minimum Gasteiger partial charge on any atom is -0.489 e. The molecule has 0 bridgehead atoms. The Morgan fingerprint density at radius 2 is 1.63 bits per heavy atom. The van der Waals surface area contributed by atoms with E-state index >= 15 is 0 Å². The van der Waals surface area contributed by atoms with Gasteiger partial charge in [0.05, 0.1) is 17.6 Å². The highest BCUT2D eigenvalue weighted by molar-refractivity contribution is 6.30. The largest absolute Gasteiger partial charge is 0.489 e. The highest BCUT2D eigenvalue weighted by atomic mass is 35.5. The van der Waals surface area contributed by atoms with Crippen LogP contribution in [0.25, 0.3) is 0 Å². The molecule has 3 aromatic rings. The summed E-state index contributed by atoms with van der Waals surface area (Å²) in [5.41, 5.74) is 5.00. The lowest BCUT2D eigenvalue weighted by Gasteiger charge is -2.06. The first-order valence-corrected chi connectivity index (χ1v) is 9.40. The van der Waals surface area contributed by atoms with Crippen molar-refractivity contribution in [1.82, 2.24) is 5.43 Å². The van der Waals surface area contributed by atoms with Gasteiger partial charge in [-0.25, -0.2) is 5.43 Å². The Morgan fingerprint density at radius 3 is 2.27 bits per heavy atom. The topological polar surface area (TPSA) is 93.8 Å². The second-order valence-electron chi connectivity index (χ2n) is 6.38. The van der Waals surface area contributed by atoms with Crippen LogP contribution in [0, 0.1) is 10.1 Å². The van der Waals surface area contributed by atoms with Crippen molar-refractivity contribution in [1.29, 1.82) is 0 Å². The van der Waals surface area contributed by atoms with Gasteiger partial charge in [0.25, 0.3) is 5.69 Å². The van der Waals surface area contributed by atoms with Gasteiger partial charge in [0.1, 0.15) is 12.4 Å². The van der Waals surface area contributed by atoms with Gasteiger partial charge < -0.3 is 4.74 Å². The second kappa shape index (κ2) is 10.2. The fourth-order valence-corrected chi connectivity index (χ4v) is 2.66. The van der Waals surface area contributed by atoms with Crippen molar-refractivity contribution in [3.8, 4) is 5.75 Å². The van der Waals surface area contributed by atoms with E-state index in [0.717, 1.165) is 16.7 Å². The van der Waals surface area contributed by atoms with Gasteiger partial charge in [0.2, 0.25) is 5.91 Å². The first-order chi connectivity index (χ1) is 14.5. The number of carbonyl (C=O) groups excluding carboxylic acids is 1. The Morgan fingerprint density at radius 1 is 1.00 bits per heavy atom. The molecule has 0 aliphatic rings. The predicted molar refractivity (Wildman–Crippen MR) is 115 cm³/mol. The Labute approximate surface area is 178 Å². The van der Waals surface area contributed by atoms with E-state index < -0.39 is 4.92 Å². The number of hydrogen-bond donors (Lipinski definition) is 1. The summed E-state index contributed by atoms with van der Waals surface area (Å²) in [6, 6.07) is 20.4. The van der Waals surface area contributed by atoms with Gasteiger partial charge in [0, 0.05) is 17.2 Å². The third-order valence-electron chi connectivity index (χ3n) is 4.11. The summed E-state index contributed by atoms with van der Waals surface area (Å²) < 4.78 is 5.67. The number of nitro benzene ring substituents is 1. The summed E-state index contributed by atoms with van der Waals surface area (Å²) in [7, 11) is 0. The van der Waals surface area contributed by atoms with Crippen LogP contribution in [0.2, 0.25) is 5.02 Å². The van der Waals surface area contributed by atoms with E-state index in [9.17, 15) is 14.9 Å². The quantitative estimate of drug-likeness (QED) is 0.327. The van der Waals surface area contributed by atoms with Crippen LogP contribution in [-0.2, 0) is 17.8 Å². The van der Waals surface area contributed by atoms with Gasteiger partial charge in [-0.05, 0) is 65.2 Å². The molecule has 0 saturated heterocycles. The number of carbonyl (C=O) groups is 1. The van der Waals surface area contributed by atoms with E-state index in [1.165, 1.54) is 12.1 Å². The van der Waals surface area contributed by atoms with E-state index in [1.54, 1.807) is 66.9 Å². The number of amides is 1. The Hall–Kier alpha value is -3.71. The summed E-state index contributed by atoms with van der Waals surface area (Å²) in [5, 5.41) is 15.2. The van der Waals surface area contributed by atoms with E-state index in [0.29, 0.717) is 17.4 Å². The molecule has 0 atom stereocenters. The van der Waals surface area contributed by atoms with E-state index in [2.05, 4.69) is 10.5 Å². The van der Waals surface area contributed by atoms with E-state index in [-0.39, 0.29) is 18.0 Å². The summed E-state index contributed by atoms with van der Waals surface area (Å²) in [6.07, 6.45) is 1.75. The molecule has 0 heterocycles. The lowest BCUT2D eigenvalue weighted by atomic mass is 10.1. The van der Waals surface area contributed by atoms with Crippen LogP contribution < -0.4 is 10.2 Å². The maximum absolute atomic E-state index is 11.9. The molecule has 0 unspecified atom stereocenters. The van der Waals surface area contributed by atoms with Crippen LogP contribution in [0.5, 0.6) is 5.75 Å². The van der Waals surface area contributed by atoms with E-state index in [4.69, 9.17) is 16.3 Å². The van der Waals surface area contributed by atoms with Crippen molar-refractivity contribution < 1.29 is 14.5 Å². The lowest BCUT2D eigenvalue weighted by molar-refractivity contribution is -0.384. The molecule has 152 valence electrons. The van der Waals surface area contributed by atoms with Gasteiger partial charge in [-0.2, -0.15) is 5.10 Å². The standard InChI is InChI=1S/C22H18ClN3O4/c23-19-7-1-16(2-8-19)13-22(27)25-24-14-17-5-11-21(12-6-17)30-15-18-3-9-20(10-4-18)26(28)29/h1-12,14H,13,15H2,(H,25,27)/b24-14+. The zero-order chi connectivity index (χ0) is 21.3. The fraction of sp³-hybridized carbons (Fsp3) is 0.0909. The average Bonchev–Trinajstić information content (AvgIpc) is 2.75. The van der Waals surface area contributed by atoms with Gasteiger partial charge >= 0.3 is 0 Å². The van der Waals surface area contributed by atoms with Crippen LogP contribution in [-0.4, -0.2) is 17.0 Å². The molecule has 0 aliphatic carbocycles. The molecule has 0 aromatic heterocycles. The Kier molecular flexibility index (Phi) is 7.13. The zero-order valence-electron chi connectivity index (χ0n) is 15.8. The number of hydrogen-bond acceptors (Lipinski definition) is 5. The summed E-state index contributed by atoms with van der Waals surface area (Å²) in [4.78, 5) is 22.1. The number of non-ortho nitro benzene ring substituents is 1. The molecule has 7 nitrogen and oxygen atoms in total. The molecule has 0 fully saturated rings. The van der Waals surface area contributed by atoms with Crippen LogP contribution in [0.4, 0.5) is 5.69 Å². The third kappa shape index (κ3) is 6.42. The Bertz CT molecular complexity index is 1030. The molecule has 1 N–H and O–H groups in total. The molecular weight excluding hydrogens is 406 g/mol. The highest BCUT2D eigenvalue weighted by Crippen LogP contribution is 2.16. The van der Waals surface area contributed by atoms with Gasteiger partial charge in [0.15, 0.2) is 0 Å². The van der Waals surface area contributed by atoms with Gasteiger partial charge in [-0.3, -0.25) is 14.9 Å². The molecule has 0 saturated carbocycles. The van der Waals surface area contributed by atoms with Crippen LogP contribution in [0.15, 0.2) is 77.9 Å². The number of halogens is 1. The van der Waals surface area contributed by atoms with Gasteiger partial charge in [-0.1, -0.05) is 23.7 Å². The number of nitro groups is 1. The van der Waals surface area contributed by atoms with Gasteiger partial charge in [-0.15, -0.1) is 0 Å². The predicted octanol–water partition coefficient (Wildman–Crippen LogP) is 4.52. The molecule has 0 spiro atoms. The molecule has 0 radical (unpaired) electrons. The van der Waals surface area contributed by atoms with Crippen molar-refractivity contribution in [3.63, 3.8) is 0 Å². The number of benzene rings is 3. The molecular formula is C22H18ClN3O4. The zero-order valence-corrected chi connectivity index (χ0v) is 16.6. The minimum atomic E-state index is -0.439. The summed E-state index contributed by atoms with van der Waals surface area (Å²) in [6.45, 7) is 0.298. The third-order valence-corrected chi connectivity index (χ3v) is 4.37. The number of hydrazone groups is 1. The molecule has 1 amide bonds. The van der Waals surface area contributed by atoms with Crippen molar-refractivity contribution in [2.75, 3.05) is 0 Å². The average molecular weight is 424 g/mol. The van der Waals surface area contributed by atoms with Crippen molar-refractivity contribution in [2.45, 2.75) is 13.0 Å². The first-order valence-electron chi connectivity index (χ1n) is 9.02.